The maximum Gasteiger partial charge on any atom is 0.411 e. The first-order chi connectivity index (χ1) is 9.70. The zero-order valence-electron chi connectivity index (χ0n) is 10.4. The molecule has 1 aromatic heterocycles. The van der Waals surface area contributed by atoms with Crippen LogP contribution in [-0.4, -0.2) is 46.9 Å². The Morgan fingerprint density at radius 3 is 2.67 bits per heavy atom. The van der Waals surface area contributed by atoms with Crippen molar-refractivity contribution in [3.8, 4) is 0 Å². The number of pyridine rings is 1. The van der Waals surface area contributed by atoms with Crippen LogP contribution >= 0.6 is 0 Å². The third-order valence-electron chi connectivity index (χ3n) is 2.09. The molecule has 0 aliphatic carbocycles. The van der Waals surface area contributed by atoms with Gasteiger partial charge in [-0.1, -0.05) is 0 Å². The summed E-state index contributed by atoms with van der Waals surface area (Å²) in [4.78, 5) is 24.1. The van der Waals surface area contributed by atoms with E-state index in [1.54, 1.807) is 0 Å². The molecular weight excluding hydrogens is 299 g/mol. The molecule has 0 radical (unpaired) electrons. The van der Waals surface area contributed by atoms with Crippen LogP contribution in [0.1, 0.15) is 10.5 Å². The van der Waals surface area contributed by atoms with Gasteiger partial charge in [0.2, 0.25) is 5.82 Å². The highest BCUT2D eigenvalue weighted by Gasteiger charge is 2.27. The highest BCUT2D eigenvalue weighted by atomic mass is 19.4. The number of alkyl halides is 3. The first-order valence-electron chi connectivity index (χ1n) is 5.48. The molecule has 0 saturated heterocycles. The number of aromatic carboxylic acids is 1. The van der Waals surface area contributed by atoms with Gasteiger partial charge in [-0.05, 0) is 6.07 Å². The van der Waals surface area contributed by atoms with Gasteiger partial charge in [-0.2, -0.15) is 13.2 Å². The number of carbonyl (C=O) groups is 1. The summed E-state index contributed by atoms with van der Waals surface area (Å²) in [6.45, 7) is -2.03. The number of carboxylic acids is 1. The molecule has 0 aliphatic heterocycles. The van der Waals surface area contributed by atoms with Crippen LogP contribution in [0.3, 0.4) is 0 Å². The third-order valence-corrected chi connectivity index (χ3v) is 2.09. The topological polar surface area (TPSA) is 115 Å². The summed E-state index contributed by atoms with van der Waals surface area (Å²) in [6.07, 6.45) is -4.46. The fourth-order valence-electron chi connectivity index (χ4n) is 1.28. The molecular formula is C10H10F3N3O5. The molecule has 0 atom stereocenters. The van der Waals surface area contributed by atoms with Crippen LogP contribution in [0.2, 0.25) is 0 Å². The molecule has 21 heavy (non-hydrogen) atoms. The molecule has 1 aromatic rings. The SMILES string of the molecule is O=C(O)c1ccc([N+](=O)[O-])c(NCCOCC(F)(F)F)n1. The molecule has 116 valence electrons. The van der Waals surface area contributed by atoms with Gasteiger partial charge in [-0.15, -0.1) is 0 Å². The Kier molecular flexibility index (Phi) is 5.41. The summed E-state index contributed by atoms with van der Waals surface area (Å²) >= 11 is 0. The van der Waals surface area contributed by atoms with E-state index < -0.39 is 35.1 Å². The van der Waals surface area contributed by atoms with Gasteiger partial charge in [0.05, 0.1) is 11.5 Å². The van der Waals surface area contributed by atoms with Crippen LogP contribution in [0.15, 0.2) is 12.1 Å². The summed E-state index contributed by atoms with van der Waals surface area (Å²) in [5.41, 5.74) is -0.921. The number of nitrogens with zero attached hydrogens (tertiary/aromatic N) is 2. The number of hydrogen-bond acceptors (Lipinski definition) is 6. The van der Waals surface area contributed by atoms with Gasteiger partial charge in [-0.25, -0.2) is 9.78 Å². The van der Waals surface area contributed by atoms with Crippen molar-refractivity contribution in [3.05, 3.63) is 27.9 Å². The number of nitrogens with one attached hydrogen (secondary N) is 1. The second-order valence-corrected chi connectivity index (χ2v) is 3.72. The minimum Gasteiger partial charge on any atom is -0.477 e. The third kappa shape index (κ3) is 5.60. The molecule has 1 heterocycles. The van der Waals surface area contributed by atoms with Crippen molar-refractivity contribution in [3.63, 3.8) is 0 Å². The molecule has 0 amide bonds. The number of rotatable bonds is 7. The predicted molar refractivity (Wildman–Crippen MR) is 63.2 cm³/mol. The Morgan fingerprint density at radius 2 is 2.14 bits per heavy atom. The van der Waals surface area contributed by atoms with Crippen molar-refractivity contribution >= 4 is 17.5 Å². The van der Waals surface area contributed by atoms with Crippen LogP contribution in [-0.2, 0) is 4.74 Å². The van der Waals surface area contributed by atoms with E-state index in [1.165, 1.54) is 0 Å². The Balaban J connectivity index is 2.66. The lowest BCUT2D eigenvalue weighted by Gasteiger charge is -2.09. The van der Waals surface area contributed by atoms with Gasteiger partial charge >= 0.3 is 17.8 Å². The Hall–Kier alpha value is -2.43. The number of nitro groups is 1. The lowest BCUT2D eigenvalue weighted by Crippen LogP contribution is -2.20. The molecule has 0 aliphatic rings. The van der Waals surface area contributed by atoms with Crippen molar-refractivity contribution in [2.45, 2.75) is 6.18 Å². The van der Waals surface area contributed by atoms with E-state index in [2.05, 4.69) is 15.0 Å². The van der Waals surface area contributed by atoms with E-state index in [9.17, 15) is 28.1 Å². The van der Waals surface area contributed by atoms with Gasteiger partial charge in [0.15, 0.2) is 5.69 Å². The van der Waals surface area contributed by atoms with E-state index in [0.717, 1.165) is 12.1 Å². The van der Waals surface area contributed by atoms with Crippen LogP contribution in [0.25, 0.3) is 0 Å². The smallest absolute Gasteiger partial charge is 0.411 e. The van der Waals surface area contributed by atoms with Crippen LogP contribution in [0, 0.1) is 10.1 Å². The van der Waals surface area contributed by atoms with Crippen molar-refractivity contribution in [1.29, 1.82) is 0 Å². The van der Waals surface area contributed by atoms with Crippen LogP contribution in [0.5, 0.6) is 0 Å². The van der Waals surface area contributed by atoms with Crippen molar-refractivity contribution in [1.82, 2.24) is 4.98 Å². The number of anilines is 1. The minimum absolute atomic E-state index is 0.201. The number of aromatic nitrogens is 1. The largest absolute Gasteiger partial charge is 0.477 e. The average molecular weight is 309 g/mol. The van der Waals surface area contributed by atoms with E-state index in [0.29, 0.717) is 0 Å². The van der Waals surface area contributed by atoms with Crippen molar-refractivity contribution < 1.29 is 32.7 Å². The fraction of sp³-hybridized carbons (Fsp3) is 0.400. The number of halogens is 3. The van der Waals surface area contributed by atoms with E-state index in [-0.39, 0.29) is 19.0 Å². The lowest BCUT2D eigenvalue weighted by molar-refractivity contribution is -0.384. The average Bonchev–Trinajstić information content (AvgIpc) is 2.36. The first-order valence-corrected chi connectivity index (χ1v) is 5.48. The van der Waals surface area contributed by atoms with Gasteiger partial charge in [0.1, 0.15) is 6.61 Å². The molecule has 0 unspecified atom stereocenters. The molecule has 0 saturated carbocycles. The first kappa shape index (κ1) is 16.6. The molecule has 8 nitrogen and oxygen atoms in total. The van der Waals surface area contributed by atoms with Gasteiger partial charge in [-0.3, -0.25) is 10.1 Å². The molecule has 11 heteroatoms. The quantitative estimate of drug-likeness (QED) is 0.447. The van der Waals surface area contributed by atoms with Crippen LogP contribution in [0.4, 0.5) is 24.7 Å². The standard InChI is InChI=1S/C10H10F3N3O5/c11-10(12,13)5-21-4-3-14-8-7(16(19)20)2-1-6(15-8)9(17)18/h1-2H,3-5H2,(H,14,15)(H,17,18). The summed E-state index contributed by atoms with van der Waals surface area (Å²) < 4.78 is 39.7. The zero-order valence-corrected chi connectivity index (χ0v) is 10.4. The molecule has 0 fully saturated rings. The Labute approximate surface area is 115 Å². The molecule has 0 aromatic carbocycles. The fourth-order valence-corrected chi connectivity index (χ4v) is 1.28. The van der Waals surface area contributed by atoms with Gasteiger partial charge in [0, 0.05) is 12.6 Å². The Morgan fingerprint density at radius 1 is 1.48 bits per heavy atom. The van der Waals surface area contributed by atoms with E-state index >= 15 is 0 Å². The van der Waals surface area contributed by atoms with Crippen LogP contribution < -0.4 is 5.32 Å². The highest BCUT2D eigenvalue weighted by Crippen LogP contribution is 2.22. The summed E-state index contributed by atoms with van der Waals surface area (Å²) in [5.74, 6) is -1.74. The van der Waals surface area contributed by atoms with Crippen molar-refractivity contribution in [2.75, 3.05) is 25.1 Å². The summed E-state index contributed by atoms with van der Waals surface area (Å²) in [6, 6.07) is 1.89. The second kappa shape index (κ2) is 6.83. The Bertz CT molecular complexity index is 535. The number of carboxylic acid groups (broad SMARTS) is 1. The summed E-state index contributed by atoms with van der Waals surface area (Å²) in [7, 11) is 0. The normalized spacial score (nSPS) is 11.2. The predicted octanol–water partition coefficient (Wildman–Crippen LogP) is 1.68. The van der Waals surface area contributed by atoms with Gasteiger partial charge < -0.3 is 15.2 Å². The highest BCUT2D eigenvalue weighted by molar-refractivity contribution is 5.86. The lowest BCUT2D eigenvalue weighted by atomic mass is 10.3. The number of ether oxygens (including phenoxy) is 1. The maximum absolute atomic E-state index is 11.8. The molecule has 0 bridgehead atoms. The van der Waals surface area contributed by atoms with E-state index in [4.69, 9.17) is 5.11 Å². The molecule has 1 rings (SSSR count). The monoisotopic (exact) mass is 309 g/mol. The molecule has 0 spiro atoms. The van der Waals surface area contributed by atoms with E-state index in [1.807, 2.05) is 0 Å². The number of hydrogen-bond donors (Lipinski definition) is 2. The maximum atomic E-state index is 11.8. The van der Waals surface area contributed by atoms with Crippen molar-refractivity contribution in [2.24, 2.45) is 0 Å². The zero-order chi connectivity index (χ0) is 16.0. The summed E-state index contributed by atoms with van der Waals surface area (Å²) in [5, 5.41) is 21.8. The second-order valence-electron chi connectivity index (χ2n) is 3.72. The molecule has 2 N–H and O–H groups in total. The van der Waals surface area contributed by atoms with Gasteiger partial charge in [0.25, 0.3) is 0 Å². The minimum atomic E-state index is -4.46.